The minimum absolute atomic E-state index is 0.186. The fourth-order valence-electron chi connectivity index (χ4n) is 2.58. The van der Waals surface area contributed by atoms with E-state index in [0.717, 1.165) is 4.90 Å². The van der Waals surface area contributed by atoms with E-state index < -0.39 is 34.5 Å². The first-order valence-corrected chi connectivity index (χ1v) is 7.10. The quantitative estimate of drug-likeness (QED) is 0.732. The highest BCUT2D eigenvalue weighted by atomic mass is 16.6. The van der Waals surface area contributed by atoms with Crippen LogP contribution in [0.5, 0.6) is 0 Å². The molecule has 1 atom stereocenters. The lowest BCUT2D eigenvalue weighted by atomic mass is 9.84. The Morgan fingerprint density at radius 3 is 2.19 bits per heavy atom. The van der Waals surface area contributed by atoms with E-state index in [1.807, 2.05) is 0 Å². The van der Waals surface area contributed by atoms with Crippen molar-refractivity contribution < 1.29 is 23.9 Å². The summed E-state index contributed by atoms with van der Waals surface area (Å²) in [6.07, 6.45) is -0.606. The molecule has 1 aliphatic heterocycles. The van der Waals surface area contributed by atoms with E-state index >= 15 is 0 Å². The number of hydrogen-bond acceptors (Lipinski definition) is 5. The molecule has 1 aliphatic rings. The molecular weight excluding hydrogens is 274 g/mol. The van der Waals surface area contributed by atoms with Crippen molar-refractivity contribution in [1.29, 1.82) is 0 Å². The van der Waals surface area contributed by atoms with Crippen molar-refractivity contribution in [2.24, 2.45) is 5.41 Å². The van der Waals surface area contributed by atoms with Crippen molar-refractivity contribution in [3.8, 4) is 0 Å². The average molecular weight is 299 g/mol. The normalized spacial score (nSPS) is 24.9. The smallest absolute Gasteiger partial charge is 0.418 e. The van der Waals surface area contributed by atoms with Crippen LogP contribution in [0.1, 0.15) is 54.9 Å². The molecular formula is C15H25NO5. The highest BCUT2D eigenvalue weighted by Gasteiger charge is 2.60. The Balaban J connectivity index is 3.19. The standard InChI is InChI=1S/C15H25NO5/c1-8-20-11(18)15(7)9-14(5,6)10(17)16(15)12(19)21-13(2,3)4/h8-9H2,1-7H3. The number of hydrogen-bond donors (Lipinski definition) is 0. The number of carbonyl (C=O) groups is 3. The minimum atomic E-state index is -1.33. The Bertz CT molecular complexity index is 463. The molecule has 0 aromatic rings. The van der Waals surface area contributed by atoms with Crippen molar-refractivity contribution in [2.75, 3.05) is 6.61 Å². The Labute approximate surface area is 125 Å². The highest BCUT2D eigenvalue weighted by Crippen LogP contribution is 2.43. The van der Waals surface area contributed by atoms with Gasteiger partial charge in [-0.1, -0.05) is 13.8 Å². The molecule has 0 radical (unpaired) electrons. The zero-order valence-corrected chi connectivity index (χ0v) is 13.9. The van der Waals surface area contributed by atoms with Crippen LogP contribution in [0, 0.1) is 5.41 Å². The molecule has 0 N–H and O–H groups in total. The second kappa shape index (κ2) is 5.31. The molecule has 1 heterocycles. The van der Waals surface area contributed by atoms with Crippen LogP contribution in [-0.4, -0.2) is 40.6 Å². The summed E-state index contributed by atoms with van der Waals surface area (Å²) >= 11 is 0. The SMILES string of the molecule is CCOC(=O)C1(C)CC(C)(C)C(=O)N1C(=O)OC(C)(C)C. The zero-order chi connectivity index (χ0) is 16.6. The number of carbonyl (C=O) groups excluding carboxylic acids is 3. The maximum atomic E-state index is 12.5. The van der Waals surface area contributed by atoms with Gasteiger partial charge in [-0.25, -0.2) is 14.5 Å². The molecule has 2 amide bonds. The van der Waals surface area contributed by atoms with E-state index in [2.05, 4.69) is 0 Å². The summed E-state index contributed by atoms with van der Waals surface area (Å²) in [5.41, 5.74) is -2.91. The van der Waals surface area contributed by atoms with Gasteiger partial charge < -0.3 is 9.47 Å². The predicted molar refractivity (Wildman–Crippen MR) is 76.5 cm³/mol. The molecule has 1 unspecified atom stereocenters. The van der Waals surface area contributed by atoms with Gasteiger partial charge in [-0.15, -0.1) is 0 Å². The van der Waals surface area contributed by atoms with Gasteiger partial charge in [0.15, 0.2) is 0 Å². The summed E-state index contributed by atoms with van der Waals surface area (Å²) < 4.78 is 10.3. The average Bonchev–Trinajstić information content (AvgIpc) is 2.44. The van der Waals surface area contributed by atoms with Crippen LogP contribution in [0.15, 0.2) is 0 Å². The molecule has 1 saturated heterocycles. The Morgan fingerprint density at radius 2 is 1.76 bits per heavy atom. The number of ether oxygens (including phenoxy) is 2. The molecule has 0 aromatic carbocycles. The van der Waals surface area contributed by atoms with Crippen molar-refractivity contribution in [3.63, 3.8) is 0 Å². The Kier molecular flexibility index (Phi) is 4.42. The summed E-state index contributed by atoms with van der Waals surface area (Å²) in [6, 6.07) is 0. The zero-order valence-electron chi connectivity index (χ0n) is 13.9. The van der Waals surface area contributed by atoms with E-state index in [0.29, 0.717) is 0 Å². The molecule has 1 rings (SSSR count). The van der Waals surface area contributed by atoms with Gasteiger partial charge in [0.25, 0.3) is 0 Å². The summed E-state index contributed by atoms with van der Waals surface area (Å²) in [6.45, 7) is 11.9. The van der Waals surface area contributed by atoms with Gasteiger partial charge in [0, 0.05) is 5.41 Å². The second-order valence-electron chi connectivity index (χ2n) is 7.18. The summed E-state index contributed by atoms with van der Waals surface area (Å²) in [5, 5.41) is 0. The van der Waals surface area contributed by atoms with E-state index in [9.17, 15) is 14.4 Å². The maximum absolute atomic E-state index is 12.5. The summed E-state index contributed by atoms with van der Waals surface area (Å²) in [7, 11) is 0. The molecule has 120 valence electrons. The van der Waals surface area contributed by atoms with E-state index in [1.165, 1.54) is 0 Å². The number of likely N-dealkylation sites (tertiary alicyclic amines) is 1. The van der Waals surface area contributed by atoms with Crippen LogP contribution >= 0.6 is 0 Å². The Hall–Kier alpha value is -1.59. The maximum Gasteiger partial charge on any atom is 0.418 e. The van der Waals surface area contributed by atoms with E-state index in [4.69, 9.17) is 9.47 Å². The Morgan fingerprint density at radius 1 is 1.24 bits per heavy atom. The largest absolute Gasteiger partial charge is 0.464 e. The highest BCUT2D eigenvalue weighted by molar-refractivity contribution is 6.04. The molecule has 0 aliphatic carbocycles. The van der Waals surface area contributed by atoms with Crippen LogP contribution in [-0.2, 0) is 19.1 Å². The van der Waals surface area contributed by atoms with Crippen LogP contribution in [0.25, 0.3) is 0 Å². The summed E-state index contributed by atoms with van der Waals surface area (Å²) in [4.78, 5) is 38.0. The first kappa shape index (κ1) is 17.5. The molecule has 0 spiro atoms. The lowest BCUT2D eigenvalue weighted by Gasteiger charge is -2.32. The molecule has 1 fully saturated rings. The number of imide groups is 1. The number of esters is 1. The van der Waals surface area contributed by atoms with Gasteiger partial charge in [-0.2, -0.15) is 0 Å². The monoisotopic (exact) mass is 299 g/mol. The summed E-state index contributed by atoms with van der Waals surface area (Å²) in [5.74, 6) is -1.01. The van der Waals surface area contributed by atoms with Gasteiger partial charge in [0.1, 0.15) is 11.1 Å². The lowest BCUT2D eigenvalue weighted by Crippen LogP contribution is -2.54. The van der Waals surface area contributed by atoms with E-state index in [-0.39, 0.29) is 13.0 Å². The van der Waals surface area contributed by atoms with Crippen molar-refractivity contribution in [3.05, 3.63) is 0 Å². The van der Waals surface area contributed by atoms with E-state index in [1.54, 1.807) is 48.5 Å². The predicted octanol–water partition coefficient (Wildman–Crippen LogP) is 2.50. The molecule has 6 heteroatoms. The number of nitrogens with zero attached hydrogens (tertiary/aromatic N) is 1. The van der Waals surface area contributed by atoms with Gasteiger partial charge in [-0.05, 0) is 41.0 Å². The first-order valence-electron chi connectivity index (χ1n) is 7.10. The van der Waals surface area contributed by atoms with Crippen LogP contribution in [0.2, 0.25) is 0 Å². The van der Waals surface area contributed by atoms with Crippen molar-refractivity contribution >= 4 is 18.0 Å². The molecule has 6 nitrogen and oxygen atoms in total. The fourth-order valence-corrected chi connectivity index (χ4v) is 2.58. The van der Waals surface area contributed by atoms with Crippen LogP contribution < -0.4 is 0 Å². The number of amides is 2. The first-order chi connectivity index (χ1) is 9.35. The van der Waals surface area contributed by atoms with Gasteiger partial charge in [-0.3, -0.25) is 4.79 Å². The van der Waals surface area contributed by atoms with Crippen molar-refractivity contribution in [1.82, 2.24) is 4.90 Å². The third kappa shape index (κ3) is 3.36. The van der Waals surface area contributed by atoms with Gasteiger partial charge in [0.2, 0.25) is 5.91 Å². The van der Waals surface area contributed by atoms with Gasteiger partial charge in [0.05, 0.1) is 6.61 Å². The molecule has 21 heavy (non-hydrogen) atoms. The fraction of sp³-hybridized carbons (Fsp3) is 0.800. The topological polar surface area (TPSA) is 72.9 Å². The minimum Gasteiger partial charge on any atom is -0.464 e. The van der Waals surface area contributed by atoms with Crippen LogP contribution in [0.4, 0.5) is 4.79 Å². The third-order valence-corrected chi connectivity index (χ3v) is 3.35. The van der Waals surface area contributed by atoms with Crippen LogP contribution in [0.3, 0.4) is 0 Å². The third-order valence-electron chi connectivity index (χ3n) is 3.35. The molecule has 0 aromatic heterocycles. The second-order valence-corrected chi connectivity index (χ2v) is 7.18. The lowest BCUT2D eigenvalue weighted by molar-refractivity contribution is -0.157. The number of rotatable bonds is 2. The van der Waals surface area contributed by atoms with Crippen molar-refractivity contribution in [2.45, 2.75) is 66.0 Å². The molecule has 0 bridgehead atoms. The van der Waals surface area contributed by atoms with Gasteiger partial charge >= 0.3 is 12.1 Å². The molecule has 0 saturated carbocycles.